The summed E-state index contributed by atoms with van der Waals surface area (Å²) < 4.78 is 18.8. The number of nitrogens with zero attached hydrogens (tertiary/aromatic N) is 1. The van der Waals surface area contributed by atoms with E-state index in [0.29, 0.717) is 18.3 Å². The van der Waals surface area contributed by atoms with E-state index < -0.39 is 41.5 Å². The van der Waals surface area contributed by atoms with E-state index >= 15 is 0 Å². The van der Waals surface area contributed by atoms with E-state index in [1.165, 1.54) is 6.92 Å². The van der Waals surface area contributed by atoms with Crippen LogP contribution in [0.1, 0.15) is 113 Å². The second-order valence-electron chi connectivity index (χ2n) is 19.7. The van der Waals surface area contributed by atoms with E-state index in [-0.39, 0.29) is 57.7 Å². The second-order valence-corrected chi connectivity index (χ2v) is 19.7. The van der Waals surface area contributed by atoms with Gasteiger partial charge >= 0.3 is 12.1 Å². The van der Waals surface area contributed by atoms with E-state index in [1.54, 1.807) is 13.8 Å². The first kappa shape index (κ1) is 34.6. The molecule has 9 aliphatic rings. The van der Waals surface area contributed by atoms with Crippen LogP contribution < -0.4 is 11.1 Å². The SMILES string of the molecule is CC(=O)OC(C1CC(C)C2C(O1)C(O)C1(N)C3CCC4C(C)(C)C(OC(=O)NC5CN6CCC5CC6)CCC45CC35CCC21C)C(C)(C)O. The number of aliphatic hydroxyl groups is 2. The lowest BCUT2D eigenvalue weighted by atomic mass is 9.43. The average molecular weight is 686 g/mol. The van der Waals surface area contributed by atoms with E-state index in [0.717, 1.165) is 77.4 Å². The summed E-state index contributed by atoms with van der Waals surface area (Å²) in [4.78, 5) is 27.9. The van der Waals surface area contributed by atoms with Crippen molar-refractivity contribution in [3.63, 3.8) is 0 Å². The Kier molecular flexibility index (Phi) is 7.79. The van der Waals surface area contributed by atoms with Gasteiger partial charge in [-0.05, 0) is 137 Å². The van der Waals surface area contributed by atoms with Crippen molar-refractivity contribution < 1.29 is 34.0 Å². The number of carbonyl (C=O) groups excluding carboxylic acids is 2. The van der Waals surface area contributed by atoms with Gasteiger partial charge in [-0.25, -0.2) is 4.79 Å². The molecule has 4 saturated heterocycles. The Morgan fingerprint density at radius 2 is 1.69 bits per heavy atom. The Morgan fingerprint density at radius 1 is 1.02 bits per heavy atom. The van der Waals surface area contributed by atoms with Gasteiger partial charge in [-0.15, -0.1) is 0 Å². The van der Waals surface area contributed by atoms with Gasteiger partial charge in [0.25, 0.3) is 0 Å². The fraction of sp³-hybridized carbons (Fsp3) is 0.949. The Bertz CT molecular complexity index is 1360. The Balaban J connectivity index is 1.01. The van der Waals surface area contributed by atoms with Crippen molar-refractivity contribution in [3.05, 3.63) is 0 Å². The standard InChI is InChI=1S/C39H63N3O7/c1-21-18-25(32(35(5,6)46)47-22(2)43)48-30-29(21)36(7)14-15-38-20-37(38)13-10-28(49-33(45)41-24-19-42-16-11-23(24)12-17-42)34(3,4)26(37)8-9-27(38)39(36,40)31(30)44/h21,23-32,44,46H,8-20,40H2,1-7H3,(H,41,45). The average Bonchev–Trinajstić information content (AvgIpc) is 3.66. The maximum absolute atomic E-state index is 13.3. The fourth-order valence-electron chi connectivity index (χ4n) is 14.6. The minimum Gasteiger partial charge on any atom is -0.457 e. The number of piperidine rings is 3. The molecule has 14 unspecified atom stereocenters. The number of ether oxygens (including phenoxy) is 3. The third kappa shape index (κ3) is 4.67. The van der Waals surface area contributed by atoms with Crippen LogP contribution in [-0.2, 0) is 19.0 Å². The monoisotopic (exact) mass is 685 g/mol. The van der Waals surface area contributed by atoms with E-state index in [9.17, 15) is 19.8 Å². The normalized spacial score (nSPS) is 52.7. The largest absolute Gasteiger partial charge is 0.457 e. The molecule has 9 rings (SSSR count). The fourth-order valence-corrected chi connectivity index (χ4v) is 14.6. The van der Waals surface area contributed by atoms with Crippen molar-refractivity contribution in [2.45, 2.75) is 160 Å². The van der Waals surface area contributed by atoms with Crippen LogP contribution in [0.2, 0.25) is 0 Å². The molecule has 14 atom stereocenters. The highest BCUT2D eigenvalue weighted by molar-refractivity contribution is 5.68. The van der Waals surface area contributed by atoms with Gasteiger partial charge in [0.1, 0.15) is 6.10 Å². The molecule has 4 heterocycles. The maximum atomic E-state index is 13.3. The summed E-state index contributed by atoms with van der Waals surface area (Å²) in [5.74, 6) is 0.966. The number of fused-ring (bicyclic) bond motifs is 7. The molecule has 9 fully saturated rings. The van der Waals surface area contributed by atoms with Crippen molar-refractivity contribution in [2.75, 3.05) is 19.6 Å². The summed E-state index contributed by atoms with van der Waals surface area (Å²) >= 11 is 0. The minimum absolute atomic E-state index is 0.0728. The van der Waals surface area contributed by atoms with Crippen LogP contribution in [0.15, 0.2) is 0 Å². The Hall–Kier alpha value is -1.46. The smallest absolute Gasteiger partial charge is 0.407 e. The highest BCUT2D eigenvalue weighted by atomic mass is 16.6. The van der Waals surface area contributed by atoms with Gasteiger partial charge in [0.15, 0.2) is 6.10 Å². The molecule has 0 aromatic heterocycles. The molecule has 10 heteroatoms. The quantitative estimate of drug-likeness (QED) is 0.310. The van der Waals surface area contributed by atoms with Gasteiger partial charge in [-0.2, -0.15) is 0 Å². The van der Waals surface area contributed by atoms with Crippen LogP contribution in [-0.4, -0.2) is 94.5 Å². The zero-order valence-corrected chi connectivity index (χ0v) is 31.0. The molecule has 2 spiro atoms. The van der Waals surface area contributed by atoms with Gasteiger partial charge < -0.3 is 40.4 Å². The summed E-state index contributed by atoms with van der Waals surface area (Å²) in [6.07, 6.45) is 6.95. The first-order valence-electron chi connectivity index (χ1n) is 19.6. The molecule has 5 N–H and O–H groups in total. The van der Waals surface area contributed by atoms with Crippen molar-refractivity contribution >= 4 is 12.1 Å². The highest BCUT2D eigenvalue weighted by Crippen LogP contribution is 2.87. The van der Waals surface area contributed by atoms with Crippen LogP contribution in [0.4, 0.5) is 4.79 Å². The van der Waals surface area contributed by atoms with E-state index in [1.807, 2.05) is 0 Å². The third-order valence-corrected chi connectivity index (χ3v) is 16.8. The summed E-state index contributed by atoms with van der Waals surface area (Å²) in [6.45, 7) is 17.1. The number of aliphatic hydroxyl groups excluding tert-OH is 1. The van der Waals surface area contributed by atoms with Crippen LogP contribution in [0, 0.1) is 51.2 Å². The zero-order chi connectivity index (χ0) is 35.1. The topological polar surface area (TPSA) is 144 Å². The molecule has 49 heavy (non-hydrogen) atoms. The summed E-state index contributed by atoms with van der Waals surface area (Å²) in [6, 6.07) is 0.193. The molecule has 5 saturated carbocycles. The van der Waals surface area contributed by atoms with Gasteiger partial charge in [0, 0.05) is 24.9 Å². The number of nitrogens with one attached hydrogen (secondary N) is 1. The third-order valence-electron chi connectivity index (χ3n) is 16.8. The molecule has 0 radical (unpaired) electrons. The molecule has 0 aromatic carbocycles. The number of hydrogen-bond donors (Lipinski definition) is 4. The van der Waals surface area contributed by atoms with Gasteiger partial charge in [-0.3, -0.25) is 4.79 Å². The lowest BCUT2D eigenvalue weighted by Crippen LogP contribution is -2.70. The van der Waals surface area contributed by atoms with Crippen LogP contribution in [0.5, 0.6) is 0 Å². The zero-order valence-electron chi connectivity index (χ0n) is 31.0. The molecule has 4 aliphatic heterocycles. The van der Waals surface area contributed by atoms with Gasteiger partial charge in [0.05, 0.1) is 29.5 Å². The maximum Gasteiger partial charge on any atom is 0.407 e. The molecule has 1 amide bonds. The van der Waals surface area contributed by atoms with Crippen molar-refractivity contribution in [1.82, 2.24) is 10.2 Å². The minimum atomic E-state index is -1.30. The summed E-state index contributed by atoms with van der Waals surface area (Å²) in [7, 11) is 0. The van der Waals surface area contributed by atoms with Crippen LogP contribution >= 0.6 is 0 Å². The molecule has 276 valence electrons. The molecule has 0 aromatic rings. The summed E-state index contributed by atoms with van der Waals surface area (Å²) in [5.41, 5.74) is 5.44. The first-order valence-corrected chi connectivity index (χ1v) is 19.6. The number of alkyl carbamates (subject to hydrolysis) is 1. The number of nitrogens with two attached hydrogens (primary N) is 1. The van der Waals surface area contributed by atoms with E-state index in [4.69, 9.17) is 19.9 Å². The molecule has 5 aliphatic carbocycles. The molecular weight excluding hydrogens is 622 g/mol. The number of amides is 1. The number of rotatable bonds is 5. The highest BCUT2D eigenvalue weighted by Gasteiger charge is 2.85. The predicted molar refractivity (Wildman–Crippen MR) is 183 cm³/mol. The lowest BCUT2D eigenvalue weighted by Gasteiger charge is -2.63. The van der Waals surface area contributed by atoms with E-state index in [2.05, 4.69) is 37.9 Å². The molecular formula is C39H63N3O7. The van der Waals surface area contributed by atoms with Crippen LogP contribution in [0.3, 0.4) is 0 Å². The lowest BCUT2D eigenvalue weighted by molar-refractivity contribution is -0.216. The van der Waals surface area contributed by atoms with Gasteiger partial charge in [-0.1, -0.05) is 27.7 Å². The molecule has 10 nitrogen and oxygen atoms in total. The summed E-state index contributed by atoms with van der Waals surface area (Å²) in [5, 5.41) is 26.7. The Labute approximate surface area is 292 Å². The molecule has 2 bridgehead atoms. The van der Waals surface area contributed by atoms with Crippen molar-refractivity contribution in [3.8, 4) is 0 Å². The first-order chi connectivity index (χ1) is 22.9. The Morgan fingerprint density at radius 3 is 2.33 bits per heavy atom. The number of carbonyl (C=O) groups is 2. The van der Waals surface area contributed by atoms with Crippen molar-refractivity contribution in [2.24, 2.45) is 57.0 Å². The van der Waals surface area contributed by atoms with Crippen molar-refractivity contribution in [1.29, 1.82) is 0 Å². The van der Waals surface area contributed by atoms with Gasteiger partial charge in [0.2, 0.25) is 0 Å². The predicted octanol–water partition coefficient (Wildman–Crippen LogP) is 4.38. The second kappa shape index (κ2) is 11.0. The van der Waals surface area contributed by atoms with Crippen LogP contribution in [0.25, 0.3) is 0 Å². The number of hydrogen-bond acceptors (Lipinski definition) is 9. The number of esters is 1.